The van der Waals surface area contributed by atoms with Crippen LogP contribution in [-0.2, 0) is 38.0 Å². The average Bonchev–Trinajstić information content (AvgIpc) is 3.80. The maximum absolute atomic E-state index is 14.3. The van der Waals surface area contributed by atoms with E-state index in [2.05, 4.69) is 5.32 Å². The lowest BCUT2D eigenvalue weighted by molar-refractivity contribution is -0.138. The van der Waals surface area contributed by atoms with Gasteiger partial charge >= 0.3 is 6.18 Å². The molecule has 1 saturated heterocycles. The summed E-state index contributed by atoms with van der Waals surface area (Å²) in [4.78, 5) is 13.3. The van der Waals surface area contributed by atoms with Crippen molar-refractivity contribution < 1.29 is 39.5 Å². The fourth-order valence-corrected chi connectivity index (χ4v) is 10.1. The number of alkyl halides is 3. The van der Waals surface area contributed by atoms with Gasteiger partial charge in [-0.25, -0.2) is 16.8 Å². The summed E-state index contributed by atoms with van der Waals surface area (Å²) in [7, 11) is -6.03. The molecule has 13 heteroatoms. The highest BCUT2D eigenvalue weighted by Crippen LogP contribution is 2.59. The normalized spacial score (nSPS) is 20.7. The van der Waals surface area contributed by atoms with E-state index in [9.17, 15) is 34.8 Å². The Labute approximate surface area is 254 Å². The molecule has 0 bridgehead atoms. The summed E-state index contributed by atoms with van der Waals surface area (Å²) in [6, 6.07) is 15.2. The molecular formula is C31H31F3N2O6S2. The van der Waals surface area contributed by atoms with Crippen molar-refractivity contribution in [1.82, 2.24) is 5.32 Å². The number of hydrogen-bond donors (Lipinski definition) is 1. The van der Waals surface area contributed by atoms with Crippen LogP contribution in [0.5, 0.6) is 5.75 Å². The van der Waals surface area contributed by atoms with E-state index in [4.69, 9.17) is 4.74 Å². The van der Waals surface area contributed by atoms with Crippen LogP contribution < -0.4 is 14.4 Å². The third-order valence-electron chi connectivity index (χ3n) is 9.00. The smallest absolute Gasteiger partial charge is 0.416 e. The van der Waals surface area contributed by atoms with Crippen LogP contribution in [-0.4, -0.2) is 47.4 Å². The number of amides is 1. The van der Waals surface area contributed by atoms with Crippen LogP contribution in [0.25, 0.3) is 0 Å². The summed E-state index contributed by atoms with van der Waals surface area (Å²) < 4.78 is 101. The molecule has 1 unspecified atom stereocenters. The predicted octanol–water partition coefficient (Wildman–Crippen LogP) is 5.08. The number of carbonyl (C=O) groups is 1. The largest absolute Gasteiger partial charge is 0.497 e. The van der Waals surface area contributed by atoms with Gasteiger partial charge < -0.3 is 10.1 Å². The van der Waals surface area contributed by atoms with Crippen molar-refractivity contribution in [2.45, 2.75) is 54.8 Å². The molecule has 2 heterocycles. The fraction of sp³-hybridized carbons (Fsp3) is 0.387. The Bertz CT molecular complexity index is 1820. The van der Waals surface area contributed by atoms with Crippen LogP contribution >= 0.6 is 0 Å². The Hall–Kier alpha value is -3.58. The predicted molar refractivity (Wildman–Crippen MR) is 158 cm³/mol. The van der Waals surface area contributed by atoms with Crippen LogP contribution in [0.2, 0.25) is 0 Å². The van der Waals surface area contributed by atoms with Crippen molar-refractivity contribution in [2.24, 2.45) is 5.92 Å². The van der Waals surface area contributed by atoms with E-state index in [0.717, 1.165) is 18.9 Å². The number of nitrogens with zero attached hydrogens (tertiary/aromatic N) is 1. The van der Waals surface area contributed by atoms with E-state index in [1.807, 2.05) is 0 Å². The summed E-state index contributed by atoms with van der Waals surface area (Å²) in [6.45, 7) is -0.365. The first-order valence-corrected chi connectivity index (χ1v) is 17.5. The number of rotatable bonds is 7. The van der Waals surface area contributed by atoms with E-state index in [1.165, 1.54) is 47.8 Å². The zero-order valence-electron chi connectivity index (χ0n) is 23.8. The number of halogens is 3. The van der Waals surface area contributed by atoms with Gasteiger partial charge in [-0.3, -0.25) is 9.10 Å². The first-order valence-electron chi connectivity index (χ1n) is 14.2. The minimum absolute atomic E-state index is 0.000247. The molecule has 44 heavy (non-hydrogen) atoms. The Morgan fingerprint density at radius 1 is 1.02 bits per heavy atom. The third kappa shape index (κ3) is 5.33. The molecule has 0 aromatic heterocycles. The van der Waals surface area contributed by atoms with Crippen molar-refractivity contribution in [3.8, 4) is 5.75 Å². The second kappa shape index (κ2) is 10.8. The van der Waals surface area contributed by atoms with Gasteiger partial charge in [-0.05, 0) is 79.1 Å². The quantitative estimate of drug-likeness (QED) is 0.383. The molecule has 1 aliphatic carbocycles. The molecule has 1 spiro atoms. The Morgan fingerprint density at radius 3 is 2.39 bits per heavy atom. The summed E-state index contributed by atoms with van der Waals surface area (Å²) >= 11 is 0. The molecule has 234 valence electrons. The standard InChI is InChI=1S/C31H31F3N2O6S2/c1-42-23-6-4-7-24(18-23)44(40,41)36-27-12-11-21(29(37)35-19-22-5-2-3-8-25(22)31(32,33)34)17-26(27)30(28(36)20-9-10-20)13-15-43(38,39)16-14-30/h2-8,11-12,17-18,20,28H,9-10,13-16,19H2,1H3,(H,35,37). The number of carbonyl (C=O) groups excluding carboxylic acids is 1. The first-order chi connectivity index (χ1) is 20.8. The topological polar surface area (TPSA) is 110 Å². The summed E-state index contributed by atoms with van der Waals surface area (Å²) in [5, 5.41) is 2.57. The fourth-order valence-electron chi connectivity index (χ4n) is 6.71. The van der Waals surface area contributed by atoms with Crippen LogP contribution in [0.15, 0.2) is 71.6 Å². The summed E-state index contributed by atoms with van der Waals surface area (Å²) in [6.07, 6.45) is -2.64. The van der Waals surface area contributed by atoms with Crippen LogP contribution in [0.4, 0.5) is 18.9 Å². The molecular weight excluding hydrogens is 617 g/mol. The van der Waals surface area contributed by atoms with Gasteiger partial charge in [-0.2, -0.15) is 13.2 Å². The van der Waals surface area contributed by atoms with Crippen LogP contribution in [0.3, 0.4) is 0 Å². The minimum Gasteiger partial charge on any atom is -0.497 e. The van der Waals surface area contributed by atoms with Crippen molar-refractivity contribution in [3.63, 3.8) is 0 Å². The van der Waals surface area contributed by atoms with Crippen LogP contribution in [0.1, 0.15) is 52.7 Å². The van der Waals surface area contributed by atoms with Crippen molar-refractivity contribution in [3.05, 3.63) is 89.0 Å². The highest BCUT2D eigenvalue weighted by atomic mass is 32.2. The van der Waals surface area contributed by atoms with Gasteiger partial charge in [0.15, 0.2) is 0 Å². The van der Waals surface area contributed by atoms with Crippen molar-refractivity contribution in [2.75, 3.05) is 22.9 Å². The van der Waals surface area contributed by atoms with Gasteiger partial charge in [0.2, 0.25) is 0 Å². The average molecular weight is 649 g/mol. The molecule has 1 saturated carbocycles. The number of sulfonamides is 1. The number of hydrogen-bond acceptors (Lipinski definition) is 6. The molecule has 2 fully saturated rings. The van der Waals surface area contributed by atoms with E-state index < -0.39 is 49.0 Å². The molecule has 1 atom stereocenters. The number of sulfone groups is 1. The molecule has 1 amide bonds. The second-order valence-corrected chi connectivity index (χ2v) is 15.8. The van der Waals surface area contributed by atoms with E-state index >= 15 is 0 Å². The number of nitrogens with one attached hydrogen (secondary N) is 1. The van der Waals surface area contributed by atoms with E-state index in [1.54, 1.807) is 24.3 Å². The lowest BCUT2D eigenvalue weighted by Crippen LogP contribution is -2.52. The lowest BCUT2D eigenvalue weighted by atomic mass is 9.70. The molecule has 3 aliphatic rings. The number of benzene rings is 3. The molecule has 0 radical (unpaired) electrons. The van der Waals surface area contributed by atoms with Crippen LogP contribution in [0, 0.1) is 5.92 Å². The van der Waals surface area contributed by atoms with Gasteiger partial charge in [0.05, 0.1) is 40.8 Å². The van der Waals surface area contributed by atoms with Gasteiger partial charge in [-0.1, -0.05) is 24.3 Å². The Balaban J connectivity index is 1.41. The highest BCUT2D eigenvalue weighted by molar-refractivity contribution is 7.93. The molecule has 3 aromatic rings. The second-order valence-electron chi connectivity index (χ2n) is 11.6. The summed E-state index contributed by atoms with van der Waals surface area (Å²) in [5.74, 6) is -0.494. The number of anilines is 1. The lowest BCUT2D eigenvalue weighted by Gasteiger charge is -2.41. The first kappa shape index (κ1) is 30.4. The number of methoxy groups -OCH3 is 1. The Morgan fingerprint density at radius 2 is 1.73 bits per heavy atom. The van der Waals surface area contributed by atoms with E-state index in [0.29, 0.717) is 17.0 Å². The maximum atomic E-state index is 14.3. The molecule has 8 nitrogen and oxygen atoms in total. The number of fused-ring (bicyclic) bond motifs is 2. The molecule has 1 N–H and O–H groups in total. The van der Waals surface area contributed by atoms with E-state index in [-0.39, 0.29) is 52.8 Å². The Kier molecular flexibility index (Phi) is 7.47. The number of ether oxygens (including phenoxy) is 1. The highest BCUT2D eigenvalue weighted by Gasteiger charge is 2.60. The third-order valence-corrected chi connectivity index (χ3v) is 12.4. The van der Waals surface area contributed by atoms with Crippen molar-refractivity contribution >= 4 is 31.5 Å². The molecule has 6 rings (SSSR count). The monoisotopic (exact) mass is 648 g/mol. The van der Waals surface area contributed by atoms with Gasteiger partial charge in [0, 0.05) is 23.6 Å². The minimum atomic E-state index is -4.59. The van der Waals surface area contributed by atoms with Gasteiger partial charge in [0.1, 0.15) is 15.6 Å². The zero-order valence-corrected chi connectivity index (χ0v) is 25.4. The SMILES string of the molecule is COc1cccc(S(=O)(=O)N2c3ccc(C(=O)NCc4ccccc4C(F)(F)F)cc3C3(CCS(=O)(=O)CC3)C2C2CC2)c1. The van der Waals surface area contributed by atoms with Gasteiger partial charge in [-0.15, -0.1) is 0 Å². The maximum Gasteiger partial charge on any atom is 0.416 e. The van der Waals surface area contributed by atoms with Crippen molar-refractivity contribution in [1.29, 1.82) is 0 Å². The van der Waals surface area contributed by atoms with Gasteiger partial charge in [0.25, 0.3) is 15.9 Å². The zero-order chi connectivity index (χ0) is 31.5. The molecule has 3 aromatic carbocycles. The molecule has 2 aliphatic heterocycles. The summed E-state index contributed by atoms with van der Waals surface area (Å²) in [5.41, 5.74) is -0.694.